The average Bonchev–Trinajstić information content (AvgIpc) is 3.06. The Balaban J connectivity index is 1.62. The number of ether oxygens (including phenoxy) is 3. The van der Waals surface area contributed by atoms with Crippen molar-refractivity contribution in [1.29, 1.82) is 0 Å². The van der Waals surface area contributed by atoms with Crippen molar-refractivity contribution in [2.45, 2.75) is 109 Å². The van der Waals surface area contributed by atoms with Gasteiger partial charge in [0.15, 0.2) is 13.2 Å². The van der Waals surface area contributed by atoms with Crippen LogP contribution in [0.1, 0.15) is 86.5 Å². The third kappa shape index (κ3) is 13.9. The van der Waals surface area contributed by atoms with Crippen molar-refractivity contribution in [2.75, 3.05) is 19.8 Å². The number of hydrogen-bond donors (Lipinski definition) is 2. The molecule has 2 aromatic rings. The molecule has 0 saturated heterocycles. The van der Waals surface area contributed by atoms with Crippen molar-refractivity contribution in [3.63, 3.8) is 0 Å². The van der Waals surface area contributed by atoms with E-state index in [0.717, 1.165) is 44.2 Å². The number of nitrogens with one attached hydrogen (secondary N) is 2. The lowest BCUT2D eigenvalue weighted by Crippen LogP contribution is -2.65. The minimum Gasteiger partial charge on any atom is -0.484 e. The second-order valence-electron chi connectivity index (χ2n) is 15.6. The third-order valence-electron chi connectivity index (χ3n) is 8.54. The van der Waals surface area contributed by atoms with Gasteiger partial charge in [-0.25, -0.2) is 13.3 Å². The van der Waals surface area contributed by atoms with Crippen LogP contribution in [0, 0.1) is 23.5 Å². The van der Waals surface area contributed by atoms with E-state index in [4.69, 9.17) is 51.0 Å². The number of phosphoric acid groups is 1. The van der Waals surface area contributed by atoms with Gasteiger partial charge < -0.3 is 24.8 Å². The first-order chi connectivity index (χ1) is 25.1. The van der Waals surface area contributed by atoms with Crippen molar-refractivity contribution in [3.8, 4) is 11.5 Å². The first-order valence-electron chi connectivity index (χ1n) is 17.7. The SMILES string of the molecule is CC(C)(C)OP(=O)(OCC(CCC(=O)OC1CC2CCC1CC2)(NC(=O)COc1ccc(Cl)c(F)c1)NC(=O)COc1ccc(Cl)c(F)c1)OC(C)(C)C. The Kier molecular flexibility index (Phi) is 14.8. The van der Waals surface area contributed by atoms with E-state index in [0.29, 0.717) is 5.92 Å². The van der Waals surface area contributed by atoms with Crippen LogP contribution < -0.4 is 20.1 Å². The van der Waals surface area contributed by atoms with Gasteiger partial charge in [0.25, 0.3) is 11.8 Å². The number of carbonyl (C=O) groups is 3. The Morgan fingerprint density at radius 3 is 1.69 bits per heavy atom. The first kappa shape index (κ1) is 43.7. The number of phosphoric ester groups is 1. The van der Waals surface area contributed by atoms with Gasteiger partial charge in [0.2, 0.25) is 0 Å². The molecular formula is C37H49Cl2F2N2O10P. The van der Waals surface area contributed by atoms with E-state index in [1.54, 1.807) is 41.5 Å². The zero-order chi connectivity index (χ0) is 39.9. The van der Waals surface area contributed by atoms with Gasteiger partial charge in [-0.3, -0.25) is 28.0 Å². The molecule has 0 radical (unpaired) electrons. The summed E-state index contributed by atoms with van der Waals surface area (Å²) in [5.74, 6) is -3.13. The van der Waals surface area contributed by atoms with Crippen LogP contribution in [0.15, 0.2) is 36.4 Å². The molecule has 0 aliphatic heterocycles. The number of halogens is 4. The summed E-state index contributed by atoms with van der Waals surface area (Å²) >= 11 is 11.5. The van der Waals surface area contributed by atoms with Crippen LogP contribution in [0.4, 0.5) is 8.78 Å². The molecule has 1 unspecified atom stereocenters. The molecule has 54 heavy (non-hydrogen) atoms. The van der Waals surface area contributed by atoms with Crippen molar-refractivity contribution in [1.82, 2.24) is 10.6 Å². The molecule has 300 valence electrons. The highest BCUT2D eigenvalue weighted by Gasteiger charge is 2.43. The molecule has 2 aromatic carbocycles. The maximum atomic E-state index is 14.2. The van der Waals surface area contributed by atoms with E-state index < -0.39 is 73.9 Å². The lowest BCUT2D eigenvalue weighted by Gasteiger charge is -2.41. The third-order valence-corrected chi connectivity index (χ3v) is 11.1. The fourth-order valence-electron chi connectivity index (χ4n) is 6.27. The Hall–Kier alpha value is -3.00. The standard InChI is InChI=1S/C37H49Cl2F2N2O10P/c1-35(2,3)52-54(47,53-36(4,5)6)50-22-37(42-32(44)20-48-25-11-13-27(38)29(40)18-25,43-33(45)21-49-26-12-14-28(39)30(41)19-26)16-15-34(46)51-31-17-23-7-9-24(31)10-8-23/h11-14,18-19,23-24,31H,7-10,15-17,20-22H2,1-6H3,(H,42,44)(H,43,45). The van der Waals surface area contributed by atoms with Crippen LogP contribution in [-0.4, -0.2) is 60.6 Å². The van der Waals surface area contributed by atoms with Gasteiger partial charge in [-0.15, -0.1) is 0 Å². The van der Waals surface area contributed by atoms with Crippen LogP contribution in [0.5, 0.6) is 11.5 Å². The molecule has 1 atom stereocenters. The van der Waals surface area contributed by atoms with Gasteiger partial charge in [-0.2, -0.15) is 0 Å². The Morgan fingerprint density at radius 1 is 0.796 bits per heavy atom. The maximum absolute atomic E-state index is 14.2. The summed E-state index contributed by atoms with van der Waals surface area (Å²) in [6.45, 7) is 7.66. The summed E-state index contributed by atoms with van der Waals surface area (Å²) in [7, 11) is -4.47. The van der Waals surface area contributed by atoms with Gasteiger partial charge in [-0.05, 0) is 110 Å². The molecule has 3 fully saturated rings. The van der Waals surface area contributed by atoms with Gasteiger partial charge in [0, 0.05) is 25.0 Å². The Morgan fingerprint density at radius 2 is 1.28 bits per heavy atom. The minimum absolute atomic E-state index is 0.0199. The highest BCUT2D eigenvalue weighted by atomic mass is 35.5. The summed E-state index contributed by atoms with van der Waals surface area (Å²) in [5, 5.41) is 4.98. The van der Waals surface area contributed by atoms with Crippen molar-refractivity contribution in [2.24, 2.45) is 11.8 Å². The van der Waals surface area contributed by atoms with E-state index in [1.165, 1.54) is 24.3 Å². The molecule has 3 saturated carbocycles. The summed E-state index contributed by atoms with van der Waals surface area (Å²) in [6, 6.07) is 7.18. The van der Waals surface area contributed by atoms with E-state index in [1.807, 2.05) is 0 Å². The number of fused-ring (bicyclic) bond motifs is 3. The second-order valence-corrected chi connectivity index (χ2v) is 17.9. The molecule has 2 amide bonds. The smallest absolute Gasteiger partial charge is 0.475 e. The summed E-state index contributed by atoms with van der Waals surface area (Å²) in [5.41, 5.74) is -4.08. The molecule has 12 nitrogen and oxygen atoms in total. The van der Waals surface area contributed by atoms with Crippen LogP contribution >= 0.6 is 31.0 Å². The van der Waals surface area contributed by atoms with E-state index in [2.05, 4.69) is 10.6 Å². The van der Waals surface area contributed by atoms with Gasteiger partial charge in [0.05, 0.1) is 21.2 Å². The maximum Gasteiger partial charge on any atom is 0.475 e. The molecule has 0 spiro atoms. The monoisotopic (exact) mass is 820 g/mol. The zero-order valence-electron chi connectivity index (χ0n) is 31.3. The normalized spacial score (nSPS) is 18.9. The number of carbonyl (C=O) groups excluding carboxylic acids is 3. The minimum atomic E-state index is -4.47. The van der Waals surface area contributed by atoms with E-state index in [-0.39, 0.29) is 46.4 Å². The molecule has 2 bridgehead atoms. The first-order valence-corrected chi connectivity index (χ1v) is 20.0. The molecule has 3 aliphatic rings. The van der Waals surface area contributed by atoms with E-state index in [9.17, 15) is 27.7 Å². The van der Waals surface area contributed by atoms with Crippen LogP contribution in [-0.2, 0) is 37.3 Å². The lowest BCUT2D eigenvalue weighted by atomic mass is 9.69. The second kappa shape index (κ2) is 18.3. The Bertz CT molecular complexity index is 1610. The summed E-state index contributed by atoms with van der Waals surface area (Å²) in [4.78, 5) is 40.5. The van der Waals surface area contributed by atoms with Crippen LogP contribution in [0.25, 0.3) is 0 Å². The fourth-order valence-corrected chi connectivity index (χ4v) is 8.37. The molecule has 17 heteroatoms. The number of esters is 1. The molecule has 5 rings (SSSR count). The number of hydrogen-bond acceptors (Lipinski definition) is 10. The highest BCUT2D eigenvalue weighted by molar-refractivity contribution is 7.48. The van der Waals surface area contributed by atoms with Crippen LogP contribution in [0.3, 0.4) is 0 Å². The highest BCUT2D eigenvalue weighted by Crippen LogP contribution is 2.55. The van der Waals surface area contributed by atoms with Crippen LogP contribution in [0.2, 0.25) is 10.0 Å². The number of rotatable bonds is 17. The topological polar surface area (TPSA) is 148 Å². The Labute approximate surface area is 324 Å². The number of amides is 2. The average molecular weight is 822 g/mol. The molecule has 3 aliphatic carbocycles. The van der Waals surface area contributed by atoms with Crippen molar-refractivity contribution >= 4 is 48.8 Å². The van der Waals surface area contributed by atoms with E-state index >= 15 is 0 Å². The zero-order valence-corrected chi connectivity index (χ0v) is 33.7. The van der Waals surface area contributed by atoms with Gasteiger partial charge in [0.1, 0.15) is 41.5 Å². The fraction of sp³-hybridized carbons (Fsp3) is 0.595. The molecule has 0 aromatic heterocycles. The van der Waals surface area contributed by atoms with Gasteiger partial charge >= 0.3 is 13.8 Å². The number of benzene rings is 2. The quantitative estimate of drug-likeness (QED) is 0.0907. The molecule has 2 N–H and O–H groups in total. The lowest BCUT2D eigenvalue weighted by molar-refractivity contribution is -0.158. The van der Waals surface area contributed by atoms with Gasteiger partial charge in [-0.1, -0.05) is 23.2 Å². The van der Waals surface area contributed by atoms with Crippen molar-refractivity contribution < 1.29 is 55.5 Å². The van der Waals surface area contributed by atoms with Crippen molar-refractivity contribution in [3.05, 3.63) is 58.1 Å². The largest absolute Gasteiger partial charge is 0.484 e. The molecule has 0 heterocycles. The summed E-state index contributed by atoms with van der Waals surface area (Å²) < 4.78 is 76.6. The summed E-state index contributed by atoms with van der Waals surface area (Å²) in [6.07, 6.45) is 3.99. The molecular weight excluding hydrogens is 772 g/mol. The predicted octanol–water partition coefficient (Wildman–Crippen LogP) is 8.32. The predicted molar refractivity (Wildman–Crippen MR) is 197 cm³/mol.